The van der Waals surface area contributed by atoms with E-state index in [4.69, 9.17) is 16.3 Å². The van der Waals surface area contributed by atoms with Gasteiger partial charge in [-0.1, -0.05) is 53.6 Å². The maximum Gasteiger partial charge on any atom is 0.278 e. The summed E-state index contributed by atoms with van der Waals surface area (Å²) in [5.41, 5.74) is 4.39. The summed E-state index contributed by atoms with van der Waals surface area (Å²) in [6, 6.07) is 20.8. The number of carbonyl (C=O) groups is 1. The van der Waals surface area contributed by atoms with Gasteiger partial charge in [0.05, 0.1) is 25.5 Å². The van der Waals surface area contributed by atoms with E-state index >= 15 is 0 Å². The van der Waals surface area contributed by atoms with Crippen molar-refractivity contribution >= 4 is 39.4 Å². The minimum atomic E-state index is -0.223. The number of hydrogen-bond acceptors (Lipinski definition) is 4. The maximum atomic E-state index is 13.7. The minimum absolute atomic E-state index is 0.0169. The summed E-state index contributed by atoms with van der Waals surface area (Å²) in [5.74, 6) is 0.525. The van der Waals surface area contributed by atoms with Gasteiger partial charge in [-0.25, -0.2) is 4.98 Å². The highest BCUT2D eigenvalue weighted by Crippen LogP contribution is 2.26. The molecule has 0 aliphatic heterocycles. The number of carbonyl (C=O) groups excluding carboxylic acids is 1. The Bertz CT molecular complexity index is 1640. The molecule has 0 unspecified atom stereocenters. The van der Waals surface area contributed by atoms with Gasteiger partial charge in [-0.15, -0.1) is 0 Å². The SMILES string of the molecule is COc1ccc(Cn2cnc3c4cc(C)ccc4n(CC(=O)NCc4ccccc4Cl)c3c2=O)cc1. The number of hydrogen-bond donors (Lipinski definition) is 1. The average Bonchev–Trinajstić information content (AvgIpc) is 3.18. The zero-order valence-electron chi connectivity index (χ0n) is 20.0. The molecule has 0 aliphatic rings. The molecule has 7 nitrogen and oxygen atoms in total. The predicted molar refractivity (Wildman–Crippen MR) is 142 cm³/mol. The first kappa shape index (κ1) is 23.6. The fourth-order valence-electron chi connectivity index (χ4n) is 4.35. The molecule has 1 N–H and O–H groups in total. The highest BCUT2D eigenvalue weighted by Gasteiger charge is 2.19. The van der Waals surface area contributed by atoms with Gasteiger partial charge in [0.1, 0.15) is 23.3 Å². The summed E-state index contributed by atoms with van der Waals surface area (Å²) in [6.45, 7) is 2.63. The van der Waals surface area contributed by atoms with Gasteiger partial charge in [-0.05, 0) is 48.4 Å². The molecule has 3 aromatic carbocycles. The topological polar surface area (TPSA) is 78.2 Å². The maximum absolute atomic E-state index is 13.7. The molecule has 0 saturated carbocycles. The van der Waals surface area contributed by atoms with E-state index < -0.39 is 0 Å². The van der Waals surface area contributed by atoms with Crippen molar-refractivity contribution in [1.82, 2.24) is 19.4 Å². The number of benzene rings is 3. The molecule has 0 radical (unpaired) electrons. The van der Waals surface area contributed by atoms with Crippen molar-refractivity contribution in [1.29, 1.82) is 0 Å². The molecule has 5 rings (SSSR count). The molecule has 2 heterocycles. The molecule has 0 saturated heterocycles. The zero-order chi connectivity index (χ0) is 25.2. The highest BCUT2D eigenvalue weighted by molar-refractivity contribution is 6.31. The van der Waals surface area contributed by atoms with Gasteiger partial charge in [0.25, 0.3) is 5.56 Å². The summed E-state index contributed by atoms with van der Waals surface area (Å²) in [7, 11) is 1.61. The van der Waals surface area contributed by atoms with E-state index in [1.165, 1.54) is 0 Å². The van der Waals surface area contributed by atoms with Gasteiger partial charge < -0.3 is 14.6 Å². The lowest BCUT2D eigenvalue weighted by atomic mass is 10.1. The molecule has 5 aromatic rings. The first-order valence-corrected chi connectivity index (χ1v) is 11.9. The Kier molecular flexibility index (Phi) is 6.48. The first-order valence-electron chi connectivity index (χ1n) is 11.6. The van der Waals surface area contributed by atoms with Gasteiger partial charge in [-0.2, -0.15) is 0 Å². The van der Waals surface area contributed by atoms with Crippen LogP contribution in [0.5, 0.6) is 5.75 Å². The van der Waals surface area contributed by atoms with Crippen LogP contribution in [0.15, 0.2) is 77.9 Å². The lowest BCUT2D eigenvalue weighted by Gasteiger charge is -2.11. The van der Waals surface area contributed by atoms with Crippen molar-refractivity contribution in [3.05, 3.63) is 105 Å². The van der Waals surface area contributed by atoms with E-state index in [0.29, 0.717) is 29.1 Å². The third-order valence-electron chi connectivity index (χ3n) is 6.23. The van der Waals surface area contributed by atoms with Gasteiger partial charge in [0.2, 0.25) is 5.91 Å². The second-order valence-electron chi connectivity index (χ2n) is 8.70. The average molecular weight is 501 g/mol. The summed E-state index contributed by atoms with van der Waals surface area (Å²) in [4.78, 5) is 31.3. The predicted octanol–water partition coefficient (Wildman–Crippen LogP) is 4.69. The normalized spacial score (nSPS) is 11.2. The standard InChI is InChI=1S/C28H25ClN4O3/c1-18-7-12-24-22(13-18)26-27(33(24)16-25(34)30-14-20-5-3-4-6-23(20)29)28(35)32(17-31-26)15-19-8-10-21(36-2)11-9-19/h3-13,17H,14-16H2,1-2H3,(H,30,34). The van der Waals surface area contributed by atoms with E-state index in [0.717, 1.165) is 33.3 Å². The van der Waals surface area contributed by atoms with Gasteiger partial charge >= 0.3 is 0 Å². The van der Waals surface area contributed by atoms with Crippen LogP contribution in [0.2, 0.25) is 5.02 Å². The smallest absolute Gasteiger partial charge is 0.278 e. The monoisotopic (exact) mass is 500 g/mol. The Morgan fingerprint density at radius 2 is 1.86 bits per heavy atom. The number of rotatable bonds is 7. The van der Waals surface area contributed by atoms with Crippen LogP contribution in [0.1, 0.15) is 16.7 Å². The summed E-state index contributed by atoms with van der Waals surface area (Å²) >= 11 is 6.23. The molecule has 8 heteroatoms. The molecule has 2 aromatic heterocycles. The van der Waals surface area contributed by atoms with Crippen LogP contribution in [0, 0.1) is 6.92 Å². The van der Waals surface area contributed by atoms with Crippen LogP contribution >= 0.6 is 11.6 Å². The molecule has 0 fully saturated rings. The number of aryl methyl sites for hydroxylation is 1. The van der Waals surface area contributed by atoms with E-state index in [1.807, 2.05) is 67.6 Å². The summed E-state index contributed by atoms with van der Waals surface area (Å²) < 4.78 is 8.54. The van der Waals surface area contributed by atoms with Crippen molar-refractivity contribution < 1.29 is 9.53 Å². The lowest BCUT2D eigenvalue weighted by Crippen LogP contribution is -2.29. The third kappa shape index (κ3) is 4.57. The fourth-order valence-corrected chi connectivity index (χ4v) is 4.56. The fraction of sp³-hybridized carbons (Fsp3) is 0.179. The number of ether oxygens (including phenoxy) is 1. The van der Waals surface area contributed by atoms with Crippen LogP contribution in [0.4, 0.5) is 0 Å². The van der Waals surface area contributed by atoms with Crippen LogP contribution in [-0.2, 0) is 24.4 Å². The van der Waals surface area contributed by atoms with Crippen LogP contribution in [0.3, 0.4) is 0 Å². The molecular formula is C28H25ClN4O3. The Balaban J connectivity index is 1.52. The van der Waals surface area contributed by atoms with Crippen molar-refractivity contribution in [2.75, 3.05) is 7.11 Å². The molecule has 0 spiro atoms. The number of methoxy groups -OCH3 is 1. The van der Waals surface area contributed by atoms with Crippen molar-refractivity contribution in [3.63, 3.8) is 0 Å². The zero-order valence-corrected chi connectivity index (χ0v) is 20.7. The molecular weight excluding hydrogens is 476 g/mol. The number of fused-ring (bicyclic) bond motifs is 3. The van der Waals surface area contributed by atoms with E-state index in [9.17, 15) is 9.59 Å². The van der Waals surface area contributed by atoms with E-state index in [2.05, 4.69) is 10.3 Å². The summed E-state index contributed by atoms with van der Waals surface area (Å²) in [5, 5.41) is 4.36. The molecule has 36 heavy (non-hydrogen) atoms. The quantitative estimate of drug-likeness (QED) is 0.352. The second kappa shape index (κ2) is 9.87. The Labute approximate surface area is 212 Å². The van der Waals surface area contributed by atoms with Crippen molar-refractivity contribution in [3.8, 4) is 5.75 Å². The Morgan fingerprint density at radius 1 is 1.08 bits per heavy atom. The van der Waals surface area contributed by atoms with Crippen molar-refractivity contribution in [2.45, 2.75) is 26.6 Å². The van der Waals surface area contributed by atoms with E-state index in [-0.39, 0.29) is 18.0 Å². The molecule has 0 bridgehead atoms. The number of amides is 1. The van der Waals surface area contributed by atoms with Crippen LogP contribution in [-0.4, -0.2) is 27.1 Å². The summed E-state index contributed by atoms with van der Waals surface area (Å²) in [6.07, 6.45) is 1.57. The Morgan fingerprint density at radius 3 is 2.61 bits per heavy atom. The molecule has 0 atom stereocenters. The molecule has 1 amide bonds. The lowest BCUT2D eigenvalue weighted by molar-refractivity contribution is -0.121. The largest absolute Gasteiger partial charge is 0.497 e. The number of halogens is 1. The van der Waals surface area contributed by atoms with Crippen LogP contribution < -0.4 is 15.6 Å². The number of nitrogens with zero attached hydrogens (tertiary/aromatic N) is 3. The third-order valence-corrected chi connectivity index (χ3v) is 6.60. The second-order valence-corrected chi connectivity index (χ2v) is 9.10. The van der Waals surface area contributed by atoms with Gasteiger partial charge in [-0.3, -0.25) is 14.2 Å². The first-order chi connectivity index (χ1) is 17.4. The Hall–Kier alpha value is -4.10. The van der Waals surface area contributed by atoms with Crippen LogP contribution in [0.25, 0.3) is 21.9 Å². The van der Waals surface area contributed by atoms with E-state index in [1.54, 1.807) is 28.6 Å². The number of nitrogens with one attached hydrogen (secondary N) is 1. The number of aromatic nitrogens is 3. The van der Waals surface area contributed by atoms with Gasteiger partial charge in [0, 0.05) is 17.0 Å². The molecule has 182 valence electrons. The van der Waals surface area contributed by atoms with Gasteiger partial charge in [0.15, 0.2) is 0 Å². The highest BCUT2D eigenvalue weighted by atomic mass is 35.5. The molecule has 0 aliphatic carbocycles. The van der Waals surface area contributed by atoms with Crippen molar-refractivity contribution in [2.24, 2.45) is 0 Å². The minimum Gasteiger partial charge on any atom is -0.497 e.